The fourth-order valence-corrected chi connectivity index (χ4v) is 3.96. The van der Waals surface area contributed by atoms with Gasteiger partial charge in [-0.25, -0.2) is 12.7 Å². The zero-order valence-electron chi connectivity index (χ0n) is 11.8. The van der Waals surface area contributed by atoms with Gasteiger partial charge < -0.3 is 5.32 Å². The molecule has 0 bridgehead atoms. The molecule has 1 aromatic rings. The summed E-state index contributed by atoms with van der Waals surface area (Å²) in [5.41, 5.74) is 1.08. The Morgan fingerprint density at radius 2 is 1.80 bits per heavy atom. The van der Waals surface area contributed by atoms with Crippen LogP contribution in [0.1, 0.15) is 18.4 Å². The fraction of sp³-hybridized carbons (Fsp3) is 0.571. The van der Waals surface area contributed by atoms with Gasteiger partial charge in [-0.15, -0.1) is 12.4 Å². The summed E-state index contributed by atoms with van der Waals surface area (Å²) in [5, 5.41) is 3.21. The number of rotatable bonds is 5. The first kappa shape index (κ1) is 17.4. The number of sulfonamides is 1. The summed E-state index contributed by atoms with van der Waals surface area (Å²) in [6.45, 7) is 1.28. The lowest BCUT2D eigenvalue weighted by Gasteiger charge is -2.31. The molecule has 1 heterocycles. The number of hydrogen-bond acceptors (Lipinski definition) is 3. The van der Waals surface area contributed by atoms with E-state index in [9.17, 15) is 8.42 Å². The Balaban J connectivity index is 0.00000200. The highest BCUT2D eigenvalue weighted by Crippen LogP contribution is 2.15. The summed E-state index contributed by atoms with van der Waals surface area (Å²) >= 11 is 0. The van der Waals surface area contributed by atoms with Gasteiger partial charge in [0.1, 0.15) is 0 Å². The lowest BCUT2D eigenvalue weighted by molar-refractivity contribution is 0.298. The molecule has 1 aliphatic rings. The topological polar surface area (TPSA) is 49.4 Å². The van der Waals surface area contributed by atoms with E-state index in [0.717, 1.165) is 18.4 Å². The molecule has 1 aromatic carbocycles. The maximum Gasteiger partial charge on any atom is 0.214 e. The van der Waals surface area contributed by atoms with Crippen LogP contribution in [0.15, 0.2) is 30.3 Å². The normalized spacial score (nSPS) is 17.6. The highest BCUT2D eigenvalue weighted by Gasteiger charge is 2.26. The lowest BCUT2D eigenvalue weighted by atomic mass is 10.1. The minimum Gasteiger partial charge on any atom is -0.317 e. The molecule has 6 heteroatoms. The Bertz CT molecular complexity index is 485. The number of hydrogen-bond donors (Lipinski definition) is 1. The van der Waals surface area contributed by atoms with Crippen LogP contribution in [0.3, 0.4) is 0 Å². The third-order valence-electron chi connectivity index (χ3n) is 3.75. The molecule has 0 aliphatic carbocycles. The van der Waals surface area contributed by atoms with Crippen LogP contribution in [0.4, 0.5) is 0 Å². The molecule has 114 valence electrons. The lowest BCUT2D eigenvalue weighted by Crippen LogP contribution is -2.44. The molecule has 0 spiro atoms. The predicted molar refractivity (Wildman–Crippen MR) is 84.8 cm³/mol. The number of nitrogens with zero attached hydrogens (tertiary/aromatic N) is 1. The number of benzene rings is 1. The molecule has 0 saturated carbocycles. The van der Waals surface area contributed by atoms with Crippen molar-refractivity contribution in [2.45, 2.75) is 25.3 Å². The monoisotopic (exact) mass is 318 g/mol. The number of nitrogens with one attached hydrogen (secondary N) is 1. The van der Waals surface area contributed by atoms with Crippen LogP contribution in [-0.4, -0.2) is 44.7 Å². The highest BCUT2D eigenvalue weighted by atomic mass is 35.5. The maximum atomic E-state index is 12.3. The quantitative estimate of drug-likeness (QED) is 0.898. The molecule has 1 fully saturated rings. The fourth-order valence-electron chi connectivity index (χ4n) is 2.44. The van der Waals surface area contributed by atoms with Crippen molar-refractivity contribution in [2.75, 3.05) is 25.9 Å². The molecule has 1 N–H and O–H groups in total. The van der Waals surface area contributed by atoms with E-state index in [1.165, 1.54) is 0 Å². The molecular formula is C14H23ClN2O2S. The second-order valence-electron chi connectivity index (χ2n) is 5.01. The van der Waals surface area contributed by atoms with Crippen LogP contribution in [0.2, 0.25) is 0 Å². The number of piperidine rings is 1. The van der Waals surface area contributed by atoms with Gasteiger partial charge in [-0.2, -0.15) is 0 Å². The van der Waals surface area contributed by atoms with Crippen molar-refractivity contribution in [1.82, 2.24) is 9.62 Å². The molecule has 2 rings (SSSR count). The van der Waals surface area contributed by atoms with Crippen molar-refractivity contribution in [3.05, 3.63) is 35.9 Å². The molecule has 1 saturated heterocycles. The van der Waals surface area contributed by atoms with Gasteiger partial charge in [0.2, 0.25) is 10.0 Å². The Hall–Kier alpha value is -0.620. The summed E-state index contributed by atoms with van der Waals surface area (Å²) < 4.78 is 26.2. The van der Waals surface area contributed by atoms with E-state index in [1.807, 2.05) is 37.4 Å². The van der Waals surface area contributed by atoms with E-state index < -0.39 is 10.0 Å². The van der Waals surface area contributed by atoms with Crippen LogP contribution >= 0.6 is 12.4 Å². The molecule has 4 nitrogen and oxygen atoms in total. The third kappa shape index (κ3) is 4.74. The van der Waals surface area contributed by atoms with E-state index in [2.05, 4.69) is 5.32 Å². The van der Waals surface area contributed by atoms with Gasteiger partial charge in [0.05, 0.1) is 5.75 Å². The summed E-state index contributed by atoms with van der Waals surface area (Å²) in [7, 11) is -1.17. The minimum absolute atomic E-state index is 0. The van der Waals surface area contributed by atoms with E-state index >= 15 is 0 Å². The van der Waals surface area contributed by atoms with Crippen LogP contribution in [0, 0.1) is 0 Å². The Morgan fingerprint density at radius 3 is 2.35 bits per heavy atom. The molecule has 1 aliphatic heterocycles. The van der Waals surface area contributed by atoms with E-state index in [1.54, 1.807) is 4.31 Å². The van der Waals surface area contributed by atoms with Gasteiger partial charge in [0.15, 0.2) is 0 Å². The summed E-state index contributed by atoms with van der Waals surface area (Å²) in [6, 6.07) is 10.2. The third-order valence-corrected chi connectivity index (χ3v) is 5.62. The average Bonchev–Trinajstić information content (AvgIpc) is 2.46. The number of halogens is 1. The van der Waals surface area contributed by atoms with Crippen LogP contribution in [0.25, 0.3) is 0 Å². The van der Waals surface area contributed by atoms with Gasteiger partial charge in [-0.3, -0.25) is 0 Å². The standard InChI is InChI=1S/C14H22N2O2S.ClH/c1-15-14-7-10-16(11-8-14)19(17,18)12-9-13-5-3-2-4-6-13;/h2-6,14-15H,7-12H2,1H3;1H. The van der Waals surface area contributed by atoms with Crippen LogP contribution in [0.5, 0.6) is 0 Å². The van der Waals surface area contributed by atoms with Gasteiger partial charge in [-0.05, 0) is 31.9 Å². The SMILES string of the molecule is CNC1CCN(S(=O)(=O)CCc2ccccc2)CC1.Cl. The second kappa shape index (κ2) is 7.98. The molecule has 0 amide bonds. The predicted octanol–water partition coefficient (Wildman–Crippen LogP) is 1.66. The van der Waals surface area contributed by atoms with Gasteiger partial charge >= 0.3 is 0 Å². The zero-order valence-corrected chi connectivity index (χ0v) is 13.4. The van der Waals surface area contributed by atoms with Gasteiger partial charge in [0.25, 0.3) is 0 Å². The van der Waals surface area contributed by atoms with Crippen molar-refractivity contribution < 1.29 is 8.42 Å². The van der Waals surface area contributed by atoms with Crippen molar-refractivity contribution in [1.29, 1.82) is 0 Å². The Labute approximate surface area is 128 Å². The number of aryl methyl sites for hydroxylation is 1. The first-order valence-corrected chi connectivity index (χ1v) is 8.42. The first-order valence-electron chi connectivity index (χ1n) is 6.81. The van der Waals surface area contributed by atoms with Crippen molar-refractivity contribution >= 4 is 22.4 Å². The average molecular weight is 319 g/mol. The second-order valence-corrected chi connectivity index (χ2v) is 7.10. The Morgan fingerprint density at radius 1 is 1.20 bits per heavy atom. The molecule has 0 aromatic heterocycles. The van der Waals surface area contributed by atoms with Gasteiger partial charge in [-0.1, -0.05) is 30.3 Å². The van der Waals surface area contributed by atoms with Crippen LogP contribution < -0.4 is 5.32 Å². The Kier molecular flexibility index (Phi) is 6.95. The minimum atomic E-state index is -3.11. The molecule has 0 unspecified atom stereocenters. The smallest absolute Gasteiger partial charge is 0.214 e. The largest absolute Gasteiger partial charge is 0.317 e. The molecule has 20 heavy (non-hydrogen) atoms. The molecule has 0 radical (unpaired) electrons. The first-order chi connectivity index (χ1) is 9.12. The summed E-state index contributed by atoms with van der Waals surface area (Å²) in [4.78, 5) is 0. The highest BCUT2D eigenvalue weighted by molar-refractivity contribution is 7.89. The molecule has 0 atom stereocenters. The van der Waals surface area contributed by atoms with Crippen molar-refractivity contribution in [2.24, 2.45) is 0 Å². The van der Waals surface area contributed by atoms with Crippen LogP contribution in [-0.2, 0) is 16.4 Å². The van der Waals surface area contributed by atoms with E-state index in [0.29, 0.717) is 25.6 Å². The summed E-state index contributed by atoms with van der Waals surface area (Å²) in [5.74, 6) is 0.210. The van der Waals surface area contributed by atoms with Crippen molar-refractivity contribution in [3.8, 4) is 0 Å². The zero-order chi connectivity index (χ0) is 13.7. The van der Waals surface area contributed by atoms with Crippen molar-refractivity contribution in [3.63, 3.8) is 0 Å². The van der Waals surface area contributed by atoms with E-state index in [-0.39, 0.29) is 18.2 Å². The molecular weight excluding hydrogens is 296 g/mol. The van der Waals surface area contributed by atoms with Gasteiger partial charge in [0, 0.05) is 19.1 Å². The summed E-state index contributed by atoms with van der Waals surface area (Å²) in [6.07, 6.45) is 2.40. The van der Waals surface area contributed by atoms with E-state index in [4.69, 9.17) is 0 Å². The maximum absolute atomic E-state index is 12.3.